The number of hydrogen-bond donors (Lipinski definition) is 2. The maximum atomic E-state index is 13.5. The number of anilines is 1. The Morgan fingerprint density at radius 2 is 2.00 bits per heavy atom. The minimum atomic E-state index is -0.803. The molecule has 20 heavy (non-hydrogen) atoms. The SMILES string of the molecule is CNc1c(F)cc(C(=O)NCc2nc(C)cs2)cc1F. The maximum absolute atomic E-state index is 13.5. The first kappa shape index (κ1) is 14.4. The van der Waals surface area contributed by atoms with Crippen LogP contribution < -0.4 is 10.6 Å². The highest BCUT2D eigenvalue weighted by atomic mass is 32.1. The molecule has 2 aromatic rings. The summed E-state index contributed by atoms with van der Waals surface area (Å²) < 4.78 is 27.1. The Bertz CT molecular complexity index is 619. The van der Waals surface area contributed by atoms with Crippen molar-refractivity contribution in [3.63, 3.8) is 0 Å². The van der Waals surface area contributed by atoms with Gasteiger partial charge in [-0.25, -0.2) is 13.8 Å². The second-order valence-electron chi connectivity index (χ2n) is 4.13. The van der Waals surface area contributed by atoms with Gasteiger partial charge in [0.15, 0.2) is 0 Å². The van der Waals surface area contributed by atoms with Gasteiger partial charge in [0.25, 0.3) is 5.91 Å². The number of aryl methyl sites for hydroxylation is 1. The van der Waals surface area contributed by atoms with Crippen molar-refractivity contribution in [3.8, 4) is 0 Å². The topological polar surface area (TPSA) is 54.0 Å². The van der Waals surface area contributed by atoms with Gasteiger partial charge in [-0.15, -0.1) is 11.3 Å². The number of nitrogens with zero attached hydrogens (tertiary/aromatic N) is 1. The standard InChI is InChI=1S/C13H13F2N3OS/c1-7-6-20-11(18-7)5-17-13(19)8-3-9(14)12(16-2)10(15)4-8/h3-4,6,16H,5H2,1-2H3,(H,17,19). The van der Waals surface area contributed by atoms with E-state index >= 15 is 0 Å². The Labute approximate surface area is 118 Å². The Hall–Kier alpha value is -2.02. The van der Waals surface area contributed by atoms with Crippen LogP contribution in [0.5, 0.6) is 0 Å². The highest BCUT2D eigenvalue weighted by Gasteiger charge is 2.14. The molecule has 0 spiro atoms. The third-order valence-corrected chi connectivity index (χ3v) is 3.59. The van der Waals surface area contributed by atoms with Gasteiger partial charge in [-0.1, -0.05) is 0 Å². The van der Waals surface area contributed by atoms with Gasteiger partial charge in [0.2, 0.25) is 0 Å². The lowest BCUT2D eigenvalue weighted by Crippen LogP contribution is -2.23. The van der Waals surface area contributed by atoms with Gasteiger partial charge in [0.1, 0.15) is 22.3 Å². The van der Waals surface area contributed by atoms with Crippen LogP contribution in [0.3, 0.4) is 0 Å². The van der Waals surface area contributed by atoms with E-state index in [1.165, 1.54) is 18.4 Å². The van der Waals surface area contributed by atoms with Crippen molar-refractivity contribution in [2.75, 3.05) is 12.4 Å². The van der Waals surface area contributed by atoms with Gasteiger partial charge in [0.05, 0.1) is 6.54 Å². The van der Waals surface area contributed by atoms with Crippen molar-refractivity contribution in [1.82, 2.24) is 10.3 Å². The van der Waals surface area contributed by atoms with E-state index in [1.807, 2.05) is 12.3 Å². The predicted molar refractivity (Wildman–Crippen MR) is 73.9 cm³/mol. The van der Waals surface area contributed by atoms with Gasteiger partial charge < -0.3 is 10.6 Å². The average Bonchev–Trinajstić information content (AvgIpc) is 2.81. The first-order valence-corrected chi connectivity index (χ1v) is 6.75. The van der Waals surface area contributed by atoms with Crippen molar-refractivity contribution in [2.45, 2.75) is 13.5 Å². The Morgan fingerprint density at radius 3 is 2.50 bits per heavy atom. The molecule has 106 valence electrons. The lowest BCUT2D eigenvalue weighted by atomic mass is 10.1. The van der Waals surface area contributed by atoms with Gasteiger partial charge in [-0.05, 0) is 19.1 Å². The lowest BCUT2D eigenvalue weighted by molar-refractivity contribution is 0.0950. The number of thiazole rings is 1. The average molecular weight is 297 g/mol. The summed E-state index contributed by atoms with van der Waals surface area (Å²) in [6.07, 6.45) is 0. The first-order chi connectivity index (χ1) is 9.51. The summed E-state index contributed by atoms with van der Waals surface area (Å²) >= 11 is 1.42. The molecule has 0 saturated heterocycles. The number of rotatable bonds is 4. The van der Waals surface area contributed by atoms with Crippen LogP contribution in [0.2, 0.25) is 0 Å². The quantitative estimate of drug-likeness (QED) is 0.912. The second-order valence-corrected chi connectivity index (χ2v) is 5.07. The molecule has 0 atom stereocenters. The van der Waals surface area contributed by atoms with Crippen LogP contribution in [0.4, 0.5) is 14.5 Å². The fourth-order valence-electron chi connectivity index (χ4n) is 1.68. The number of hydrogen-bond acceptors (Lipinski definition) is 4. The molecule has 0 fully saturated rings. The molecule has 1 aromatic carbocycles. The van der Waals surface area contributed by atoms with Crippen molar-refractivity contribution in [3.05, 3.63) is 45.4 Å². The molecule has 0 unspecified atom stereocenters. The van der Waals surface area contributed by atoms with E-state index in [1.54, 1.807) is 0 Å². The fraction of sp³-hybridized carbons (Fsp3) is 0.231. The zero-order chi connectivity index (χ0) is 14.7. The molecule has 1 amide bonds. The molecule has 1 heterocycles. The maximum Gasteiger partial charge on any atom is 0.251 e. The van der Waals surface area contributed by atoms with Gasteiger partial charge >= 0.3 is 0 Å². The molecular weight excluding hydrogens is 284 g/mol. The van der Waals surface area contributed by atoms with Crippen LogP contribution in [0.15, 0.2) is 17.5 Å². The molecule has 0 aliphatic rings. The number of aromatic nitrogens is 1. The zero-order valence-corrected chi connectivity index (χ0v) is 11.8. The van der Waals surface area contributed by atoms with E-state index in [9.17, 15) is 13.6 Å². The Balaban J connectivity index is 2.09. The van der Waals surface area contributed by atoms with E-state index in [0.717, 1.165) is 22.8 Å². The molecule has 0 aliphatic carbocycles. The molecule has 0 aliphatic heterocycles. The van der Waals surface area contributed by atoms with E-state index in [2.05, 4.69) is 15.6 Å². The van der Waals surface area contributed by atoms with Crippen LogP contribution >= 0.6 is 11.3 Å². The summed E-state index contributed by atoms with van der Waals surface area (Å²) in [5.41, 5.74) is 0.555. The summed E-state index contributed by atoms with van der Waals surface area (Å²) in [7, 11) is 1.41. The first-order valence-electron chi connectivity index (χ1n) is 5.87. The summed E-state index contributed by atoms with van der Waals surface area (Å²) in [6, 6.07) is 1.99. The smallest absolute Gasteiger partial charge is 0.251 e. The minimum Gasteiger partial charge on any atom is -0.383 e. The number of carbonyl (C=O) groups excluding carboxylic acids is 1. The third-order valence-electron chi connectivity index (χ3n) is 2.62. The molecule has 4 nitrogen and oxygen atoms in total. The monoisotopic (exact) mass is 297 g/mol. The zero-order valence-electron chi connectivity index (χ0n) is 11.0. The minimum absolute atomic E-state index is 0.0627. The van der Waals surface area contributed by atoms with Crippen LogP contribution in [-0.2, 0) is 6.54 Å². The number of halogens is 2. The second kappa shape index (κ2) is 5.96. The molecular formula is C13H13F2N3OS. The molecule has 0 bridgehead atoms. The molecule has 0 saturated carbocycles. The van der Waals surface area contributed by atoms with Crippen molar-refractivity contribution in [2.24, 2.45) is 0 Å². The van der Waals surface area contributed by atoms with Crippen molar-refractivity contribution >= 4 is 22.9 Å². The Kier molecular flexibility index (Phi) is 4.29. The van der Waals surface area contributed by atoms with Crippen molar-refractivity contribution < 1.29 is 13.6 Å². The summed E-state index contributed by atoms with van der Waals surface area (Å²) in [5, 5.41) is 7.58. The Morgan fingerprint density at radius 1 is 1.35 bits per heavy atom. The van der Waals surface area contributed by atoms with E-state index in [4.69, 9.17) is 0 Å². The molecule has 0 radical (unpaired) electrons. The van der Waals surface area contributed by atoms with Crippen molar-refractivity contribution in [1.29, 1.82) is 0 Å². The van der Waals surface area contributed by atoms with Crippen LogP contribution in [0.25, 0.3) is 0 Å². The predicted octanol–water partition coefficient (Wildman–Crippen LogP) is 2.70. The third kappa shape index (κ3) is 3.11. The number of nitrogens with one attached hydrogen (secondary N) is 2. The van der Waals surface area contributed by atoms with E-state index < -0.39 is 17.5 Å². The van der Waals surface area contributed by atoms with Gasteiger partial charge in [-0.3, -0.25) is 4.79 Å². The van der Waals surface area contributed by atoms with E-state index in [-0.39, 0.29) is 17.8 Å². The molecule has 7 heteroatoms. The van der Waals surface area contributed by atoms with Crippen LogP contribution in [0.1, 0.15) is 21.1 Å². The summed E-state index contributed by atoms with van der Waals surface area (Å²) in [6.45, 7) is 2.08. The fourth-order valence-corrected chi connectivity index (χ4v) is 2.40. The highest BCUT2D eigenvalue weighted by molar-refractivity contribution is 7.09. The number of amides is 1. The number of benzene rings is 1. The normalized spacial score (nSPS) is 10.4. The molecule has 2 N–H and O–H groups in total. The lowest BCUT2D eigenvalue weighted by Gasteiger charge is -2.07. The number of carbonyl (C=O) groups is 1. The largest absolute Gasteiger partial charge is 0.383 e. The van der Waals surface area contributed by atoms with Gasteiger partial charge in [-0.2, -0.15) is 0 Å². The van der Waals surface area contributed by atoms with Crippen LogP contribution in [0, 0.1) is 18.6 Å². The highest BCUT2D eigenvalue weighted by Crippen LogP contribution is 2.20. The van der Waals surface area contributed by atoms with Gasteiger partial charge in [0, 0.05) is 23.7 Å². The van der Waals surface area contributed by atoms with E-state index in [0.29, 0.717) is 0 Å². The summed E-state index contributed by atoms with van der Waals surface area (Å²) in [4.78, 5) is 16.0. The molecule has 1 aromatic heterocycles. The molecule has 2 rings (SSSR count). The summed E-state index contributed by atoms with van der Waals surface area (Å²) in [5.74, 6) is -2.15. The van der Waals surface area contributed by atoms with Crippen LogP contribution in [-0.4, -0.2) is 17.9 Å².